The molecule has 0 N–H and O–H groups in total. The Hall–Kier alpha value is -1.22. The van der Waals surface area contributed by atoms with E-state index in [-0.39, 0.29) is 0 Å². The number of hydrogen-bond donors (Lipinski definition) is 0. The average molecular weight is 202 g/mol. The maximum Gasteiger partial charge on any atom is -0.0270 e. The summed E-state index contributed by atoms with van der Waals surface area (Å²) in [6.07, 6.45) is 12.0. The summed E-state index contributed by atoms with van der Waals surface area (Å²) >= 11 is 0. The fourth-order valence-corrected chi connectivity index (χ4v) is 2.12. The number of terminal acetylenes is 1. The molecule has 0 bridgehead atoms. The van der Waals surface area contributed by atoms with Gasteiger partial charge in [-0.1, -0.05) is 31.5 Å². The van der Waals surface area contributed by atoms with E-state index in [9.17, 15) is 0 Å². The lowest BCUT2D eigenvalue weighted by molar-refractivity contribution is 0.909. The molecule has 1 aromatic carbocycles. The van der Waals surface area contributed by atoms with Gasteiger partial charge < -0.3 is 0 Å². The van der Waals surface area contributed by atoms with E-state index in [2.05, 4.69) is 38.8 Å². The van der Waals surface area contributed by atoms with Crippen molar-refractivity contribution in [3.63, 3.8) is 0 Å². The lowest BCUT2D eigenvalue weighted by Gasteiger charge is -2.04. The van der Waals surface area contributed by atoms with Crippen molar-refractivity contribution >= 4 is 0 Å². The Kier molecular flexibility index (Phi) is 6.54. The molecule has 15 heavy (non-hydrogen) atoms. The zero-order chi connectivity index (χ0) is 11.8. The van der Waals surface area contributed by atoms with Gasteiger partial charge in [-0.3, -0.25) is 0 Å². The molecule has 0 heteroatoms. The predicted octanol–water partition coefficient (Wildman–Crippen LogP) is 4.07. The summed E-state index contributed by atoms with van der Waals surface area (Å²) in [5, 5.41) is 0. The number of rotatable bonds is 0. The van der Waals surface area contributed by atoms with E-state index in [1.807, 2.05) is 13.8 Å². The van der Waals surface area contributed by atoms with Crippen molar-refractivity contribution in [2.24, 2.45) is 0 Å². The van der Waals surface area contributed by atoms with Crippen LogP contribution in [-0.2, 0) is 12.8 Å². The molecule has 1 aromatic rings. The molecule has 0 saturated heterocycles. The number of benzene rings is 1. The Bertz CT molecular complexity index is 318. The van der Waals surface area contributed by atoms with Gasteiger partial charge in [0.05, 0.1) is 0 Å². The topological polar surface area (TPSA) is 0 Å². The van der Waals surface area contributed by atoms with Gasteiger partial charge in [0.15, 0.2) is 0 Å². The molecule has 1 aliphatic rings. The largest absolute Gasteiger partial charge is 0.124 e. The van der Waals surface area contributed by atoms with E-state index in [4.69, 9.17) is 0 Å². The molecule has 0 atom stereocenters. The van der Waals surface area contributed by atoms with Crippen molar-refractivity contribution in [2.75, 3.05) is 0 Å². The molecule has 0 radical (unpaired) electrons. The first kappa shape index (κ1) is 13.8. The SMILES string of the molecule is C#C.CC.Cc1cc(C)c2c(c1)CCC2. The van der Waals surface area contributed by atoms with E-state index in [1.54, 1.807) is 11.1 Å². The standard InChI is InChI=1S/C11H14.C2H6.C2H2/c1-8-6-9(2)11-5-3-4-10(11)7-8;2*1-2/h6-7H,3-5H2,1-2H3;1-2H3;1-2H. The van der Waals surface area contributed by atoms with Gasteiger partial charge in [0.2, 0.25) is 0 Å². The number of fused-ring (bicyclic) bond motifs is 1. The fourth-order valence-electron chi connectivity index (χ4n) is 2.12. The van der Waals surface area contributed by atoms with Crippen molar-refractivity contribution in [2.45, 2.75) is 47.0 Å². The third kappa shape index (κ3) is 3.44. The van der Waals surface area contributed by atoms with Crippen LogP contribution in [0.25, 0.3) is 0 Å². The summed E-state index contributed by atoms with van der Waals surface area (Å²) in [5.74, 6) is 0. The molecule has 82 valence electrons. The van der Waals surface area contributed by atoms with Crippen molar-refractivity contribution < 1.29 is 0 Å². The molecule has 2 rings (SSSR count). The molecule has 0 nitrogen and oxygen atoms in total. The lowest BCUT2D eigenvalue weighted by Crippen LogP contribution is -1.88. The molecule has 0 amide bonds. The minimum Gasteiger partial charge on any atom is -0.124 e. The van der Waals surface area contributed by atoms with Gasteiger partial charge in [0, 0.05) is 0 Å². The van der Waals surface area contributed by atoms with E-state index < -0.39 is 0 Å². The highest BCUT2D eigenvalue weighted by Crippen LogP contribution is 2.25. The van der Waals surface area contributed by atoms with E-state index in [1.165, 1.54) is 30.4 Å². The van der Waals surface area contributed by atoms with E-state index in [0.29, 0.717) is 0 Å². The first-order valence-corrected chi connectivity index (χ1v) is 5.70. The van der Waals surface area contributed by atoms with Crippen LogP contribution in [0.3, 0.4) is 0 Å². The van der Waals surface area contributed by atoms with Crippen LogP contribution in [0.2, 0.25) is 0 Å². The van der Waals surface area contributed by atoms with Gasteiger partial charge in [-0.25, -0.2) is 0 Å². The van der Waals surface area contributed by atoms with Crippen LogP contribution in [0.1, 0.15) is 42.5 Å². The van der Waals surface area contributed by atoms with Gasteiger partial charge in [-0.05, 0) is 49.8 Å². The molecule has 1 aliphatic carbocycles. The van der Waals surface area contributed by atoms with E-state index >= 15 is 0 Å². The lowest BCUT2D eigenvalue weighted by atomic mass is 10.0. The average Bonchev–Trinajstić information content (AvgIpc) is 2.72. The van der Waals surface area contributed by atoms with Crippen LogP contribution in [0.15, 0.2) is 12.1 Å². The zero-order valence-electron chi connectivity index (χ0n) is 10.4. The molecule has 0 saturated carbocycles. The van der Waals surface area contributed by atoms with Crippen LogP contribution < -0.4 is 0 Å². The predicted molar refractivity (Wildman–Crippen MR) is 69.2 cm³/mol. The second-order valence-electron chi connectivity index (χ2n) is 3.57. The van der Waals surface area contributed by atoms with Crippen LogP contribution in [-0.4, -0.2) is 0 Å². The Balaban J connectivity index is 0.000000442. The monoisotopic (exact) mass is 202 g/mol. The molecular weight excluding hydrogens is 180 g/mol. The normalized spacial score (nSPS) is 11.6. The van der Waals surface area contributed by atoms with Gasteiger partial charge in [0.25, 0.3) is 0 Å². The smallest absolute Gasteiger partial charge is 0.0270 e. The first-order chi connectivity index (χ1) is 7.27. The summed E-state index contributed by atoms with van der Waals surface area (Å²) in [6, 6.07) is 4.64. The quantitative estimate of drug-likeness (QED) is 0.556. The second kappa shape index (κ2) is 7.12. The van der Waals surface area contributed by atoms with Gasteiger partial charge in [-0.2, -0.15) is 0 Å². The van der Waals surface area contributed by atoms with Gasteiger partial charge in [0.1, 0.15) is 0 Å². The third-order valence-corrected chi connectivity index (χ3v) is 2.58. The van der Waals surface area contributed by atoms with Crippen molar-refractivity contribution in [1.29, 1.82) is 0 Å². The molecule has 0 aromatic heterocycles. The summed E-state index contributed by atoms with van der Waals surface area (Å²) in [7, 11) is 0. The minimum atomic E-state index is 1.30. The highest BCUT2D eigenvalue weighted by molar-refractivity contribution is 5.40. The van der Waals surface area contributed by atoms with Crippen molar-refractivity contribution in [3.05, 3.63) is 34.4 Å². The maximum absolute atomic E-state index is 4.00. The van der Waals surface area contributed by atoms with Crippen LogP contribution in [0.5, 0.6) is 0 Å². The van der Waals surface area contributed by atoms with Crippen LogP contribution >= 0.6 is 0 Å². The highest BCUT2D eigenvalue weighted by Gasteiger charge is 2.12. The van der Waals surface area contributed by atoms with Crippen LogP contribution in [0, 0.1) is 26.7 Å². The molecule has 0 fully saturated rings. The molecule has 0 aliphatic heterocycles. The summed E-state index contributed by atoms with van der Waals surface area (Å²) in [5.41, 5.74) is 6.14. The molecule has 0 heterocycles. The third-order valence-electron chi connectivity index (χ3n) is 2.58. The fraction of sp³-hybridized carbons (Fsp3) is 0.467. The summed E-state index contributed by atoms with van der Waals surface area (Å²) in [4.78, 5) is 0. The molecule has 0 spiro atoms. The molecule has 0 unspecified atom stereocenters. The Morgan fingerprint density at radius 2 is 1.60 bits per heavy atom. The Morgan fingerprint density at radius 3 is 2.20 bits per heavy atom. The Labute approximate surface area is 94.7 Å². The highest BCUT2D eigenvalue weighted by atomic mass is 14.2. The Morgan fingerprint density at radius 1 is 1.00 bits per heavy atom. The number of aryl methyl sites for hydroxylation is 3. The molecular formula is C15H22. The van der Waals surface area contributed by atoms with Gasteiger partial charge >= 0.3 is 0 Å². The van der Waals surface area contributed by atoms with E-state index in [0.717, 1.165) is 0 Å². The van der Waals surface area contributed by atoms with Gasteiger partial charge in [-0.15, -0.1) is 12.8 Å². The summed E-state index contributed by atoms with van der Waals surface area (Å²) in [6.45, 7) is 8.42. The minimum absolute atomic E-state index is 1.30. The second-order valence-corrected chi connectivity index (χ2v) is 3.57. The summed E-state index contributed by atoms with van der Waals surface area (Å²) < 4.78 is 0. The van der Waals surface area contributed by atoms with Crippen molar-refractivity contribution in [3.8, 4) is 12.8 Å². The van der Waals surface area contributed by atoms with Crippen molar-refractivity contribution in [1.82, 2.24) is 0 Å². The zero-order valence-corrected chi connectivity index (χ0v) is 10.4. The number of hydrogen-bond acceptors (Lipinski definition) is 0. The maximum atomic E-state index is 4.00. The first-order valence-electron chi connectivity index (χ1n) is 5.70. The van der Waals surface area contributed by atoms with Crippen LogP contribution in [0.4, 0.5) is 0 Å².